The fourth-order valence-corrected chi connectivity index (χ4v) is 2.19. The molecular weight excluding hydrogens is 310 g/mol. The fourth-order valence-electron chi connectivity index (χ4n) is 2.19. The maximum Gasteiger partial charge on any atom is 0.360 e. The molecule has 0 spiro atoms. The lowest BCUT2D eigenvalue weighted by molar-refractivity contribution is -0.130. The Kier molecular flexibility index (Phi) is 4.73. The van der Waals surface area contributed by atoms with E-state index in [1.54, 1.807) is 24.3 Å². The number of amides is 1. The predicted octanol–water partition coefficient (Wildman–Crippen LogP) is 1.39. The first-order chi connectivity index (χ1) is 11.1. The highest BCUT2D eigenvalue weighted by Crippen LogP contribution is 2.15. The van der Waals surface area contributed by atoms with Crippen LogP contribution in [-0.2, 0) is 16.6 Å². The molecular formula is C17H21N3O4. The molecule has 1 heterocycles. The van der Waals surface area contributed by atoms with Gasteiger partial charge in [-0.3, -0.25) is 9.59 Å². The van der Waals surface area contributed by atoms with Crippen LogP contribution in [0.25, 0.3) is 10.8 Å². The molecule has 0 aliphatic heterocycles. The van der Waals surface area contributed by atoms with Gasteiger partial charge in [0, 0.05) is 18.0 Å². The minimum Gasteiger partial charge on any atom is -0.448 e. The Hall–Kier alpha value is -2.70. The molecule has 24 heavy (non-hydrogen) atoms. The van der Waals surface area contributed by atoms with E-state index in [2.05, 4.69) is 10.4 Å². The molecule has 2 rings (SSSR count). The van der Waals surface area contributed by atoms with Crippen LogP contribution >= 0.6 is 0 Å². The van der Waals surface area contributed by atoms with Gasteiger partial charge >= 0.3 is 5.97 Å². The van der Waals surface area contributed by atoms with Gasteiger partial charge in [0.05, 0.1) is 5.39 Å². The lowest BCUT2D eigenvalue weighted by Crippen LogP contribution is -2.46. The molecule has 0 aliphatic rings. The number of hydrogen-bond donors (Lipinski definition) is 1. The molecule has 128 valence electrons. The molecule has 1 atom stereocenters. The number of carbonyl (C=O) groups excluding carboxylic acids is 2. The van der Waals surface area contributed by atoms with Crippen LogP contribution in [0.3, 0.4) is 0 Å². The first-order valence-corrected chi connectivity index (χ1v) is 7.59. The van der Waals surface area contributed by atoms with Gasteiger partial charge in [0.2, 0.25) is 0 Å². The van der Waals surface area contributed by atoms with Crippen molar-refractivity contribution in [3.63, 3.8) is 0 Å². The average molecular weight is 331 g/mol. The number of aryl methyl sites for hydroxylation is 1. The number of fused-ring (bicyclic) bond motifs is 1. The molecule has 0 saturated carbocycles. The van der Waals surface area contributed by atoms with Gasteiger partial charge in [0.15, 0.2) is 11.8 Å². The van der Waals surface area contributed by atoms with E-state index in [-0.39, 0.29) is 11.3 Å². The molecule has 0 bridgehead atoms. The van der Waals surface area contributed by atoms with E-state index in [4.69, 9.17) is 4.74 Å². The quantitative estimate of drug-likeness (QED) is 0.859. The fraction of sp³-hybridized carbons (Fsp3) is 0.412. The highest BCUT2D eigenvalue weighted by Gasteiger charge is 2.25. The van der Waals surface area contributed by atoms with Crippen molar-refractivity contribution in [3.05, 3.63) is 40.3 Å². The lowest BCUT2D eigenvalue weighted by Gasteiger charge is -2.23. The summed E-state index contributed by atoms with van der Waals surface area (Å²) in [4.78, 5) is 36.5. The highest BCUT2D eigenvalue weighted by atomic mass is 16.5. The maximum atomic E-state index is 12.4. The van der Waals surface area contributed by atoms with Gasteiger partial charge in [-0.1, -0.05) is 18.2 Å². The van der Waals surface area contributed by atoms with E-state index in [1.807, 2.05) is 20.8 Å². The molecule has 7 nitrogen and oxygen atoms in total. The minimum absolute atomic E-state index is 0.00288. The number of carbonyl (C=O) groups is 2. The maximum absolute atomic E-state index is 12.4. The van der Waals surface area contributed by atoms with Crippen LogP contribution in [0.1, 0.15) is 38.2 Å². The van der Waals surface area contributed by atoms with Crippen molar-refractivity contribution >= 4 is 22.6 Å². The van der Waals surface area contributed by atoms with E-state index in [0.29, 0.717) is 10.8 Å². The molecule has 1 amide bonds. The average Bonchev–Trinajstić information content (AvgIpc) is 2.49. The standard InChI is InChI=1S/C17H21N3O4/c1-10(14(21)18-17(2,3)4)24-16(23)13-11-8-6-7-9-12(11)15(22)20(5)19-13/h6-10H,1-5H3,(H,18,21). The van der Waals surface area contributed by atoms with Gasteiger partial charge in [-0.25, -0.2) is 9.48 Å². The molecule has 0 fully saturated rings. The Bertz CT molecular complexity index is 849. The number of nitrogens with one attached hydrogen (secondary N) is 1. The Balaban J connectivity index is 2.31. The third-order valence-corrected chi connectivity index (χ3v) is 3.30. The van der Waals surface area contributed by atoms with Gasteiger partial charge in [-0.15, -0.1) is 0 Å². The summed E-state index contributed by atoms with van der Waals surface area (Å²) in [5, 5.41) is 7.49. The van der Waals surface area contributed by atoms with Gasteiger partial charge in [0.25, 0.3) is 11.5 Å². The third-order valence-electron chi connectivity index (χ3n) is 3.30. The number of esters is 1. The van der Waals surface area contributed by atoms with Crippen molar-refractivity contribution < 1.29 is 14.3 Å². The van der Waals surface area contributed by atoms with Crippen molar-refractivity contribution in [1.82, 2.24) is 15.1 Å². The van der Waals surface area contributed by atoms with Crippen LogP contribution in [0.15, 0.2) is 29.1 Å². The monoisotopic (exact) mass is 331 g/mol. The second-order valence-electron chi connectivity index (χ2n) is 6.61. The lowest BCUT2D eigenvalue weighted by atomic mass is 10.1. The van der Waals surface area contributed by atoms with E-state index in [1.165, 1.54) is 14.0 Å². The molecule has 1 aromatic heterocycles. The second-order valence-corrected chi connectivity index (χ2v) is 6.61. The summed E-state index contributed by atoms with van der Waals surface area (Å²) < 4.78 is 6.30. The van der Waals surface area contributed by atoms with E-state index in [0.717, 1.165) is 4.68 Å². The Morgan fingerprint density at radius 3 is 2.38 bits per heavy atom. The Morgan fingerprint density at radius 1 is 1.21 bits per heavy atom. The summed E-state index contributed by atoms with van der Waals surface area (Å²) in [6.07, 6.45) is -0.977. The SMILES string of the molecule is CC(OC(=O)c1nn(C)c(=O)c2ccccc12)C(=O)NC(C)(C)C. The van der Waals surface area contributed by atoms with Crippen LogP contribution in [0.5, 0.6) is 0 Å². The third kappa shape index (κ3) is 3.79. The number of benzene rings is 1. The van der Waals surface area contributed by atoms with Crippen molar-refractivity contribution in [2.45, 2.75) is 39.3 Å². The van der Waals surface area contributed by atoms with Crippen LogP contribution in [0.4, 0.5) is 0 Å². The topological polar surface area (TPSA) is 90.3 Å². The molecule has 7 heteroatoms. The smallest absolute Gasteiger partial charge is 0.360 e. The summed E-state index contributed by atoms with van der Waals surface area (Å²) in [6.45, 7) is 6.99. The van der Waals surface area contributed by atoms with Crippen molar-refractivity contribution in [2.24, 2.45) is 7.05 Å². The van der Waals surface area contributed by atoms with E-state index < -0.39 is 23.5 Å². The zero-order valence-corrected chi connectivity index (χ0v) is 14.4. The van der Waals surface area contributed by atoms with Crippen molar-refractivity contribution in [3.8, 4) is 0 Å². The van der Waals surface area contributed by atoms with Crippen LogP contribution in [0.2, 0.25) is 0 Å². The zero-order valence-electron chi connectivity index (χ0n) is 14.4. The molecule has 2 aromatic rings. The van der Waals surface area contributed by atoms with Gasteiger partial charge in [-0.2, -0.15) is 5.10 Å². The highest BCUT2D eigenvalue weighted by molar-refractivity contribution is 6.02. The zero-order chi connectivity index (χ0) is 18.1. The summed E-state index contributed by atoms with van der Waals surface area (Å²) in [5.41, 5.74) is -0.733. The van der Waals surface area contributed by atoms with Crippen LogP contribution < -0.4 is 10.9 Å². The number of ether oxygens (including phenoxy) is 1. The number of hydrogen-bond acceptors (Lipinski definition) is 5. The molecule has 1 aromatic carbocycles. The molecule has 0 radical (unpaired) electrons. The van der Waals surface area contributed by atoms with Crippen molar-refractivity contribution in [2.75, 3.05) is 0 Å². The normalized spacial score (nSPS) is 12.7. The summed E-state index contributed by atoms with van der Waals surface area (Å²) in [6, 6.07) is 6.65. The molecule has 0 saturated heterocycles. The second kappa shape index (κ2) is 6.43. The predicted molar refractivity (Wildman–Crippen MR) is 89.8 cm³/mol. The van der Waals surface area contributed by atoms with Crippen molar-refractivity contribution in [1.29, 1.82) is 0 Å². The van der Waals surface area contributed by atoms with E-state index in [9.17, 15) is 14.4 Å². The Labute approximate surface area is 139 Å². The van der Waals surface area contributed by atoms with Gasteiger partial charge in [0.1, 0.15) is 0 Å². The molecule has 1 N–H and O–H groups in total. The van der Waals surface area contributed by atoms with Gasteiger partial charge < -0.3 is 10.1 Å². The number of aromatic nitrogens is 2. The Morgan fingerprint density at radius 2 is 1.79 bits per heavy atom. The number of rotatable bonds is 3. The van der Waals surface area contributed by atoms with E-state index >= 15 is 0 Å². The van der Waals surface area contributed by atoms with Gasteiger partial charge in [-0.05, 0) is 33.8 Å². The van der Waals surface area contributed by atoms with Crippen LogP contribution in [0, 0.1) is 0 Å². The summed E-state index contributed by atoms with van der Waals surface area (Å²) in [7, 11) is 1.46. The first kappa shape index (κ1) is 17.7. The first-order valence-electron chi connectivity index (χ1n) is 7.59. The summed E-state index contributed by atoms with van der Waals surface area (Å²) in [5.74, 6) is -1.15. The molecule has 1 unspecified atom stereocenters. The minimum atomic E-state index is -0.977. The van der Waals surface area contributed by atoms with Crippen LogP contribution in [-0.4, -0.2) is 33.3 Å². The number of nitrogens with zero attached hydrogens (tertiary/aromatic N) is 2. The molecule has 0 aliphatic carbocycles. The largest absolute Gasteiger partial charge is 0.448 e. The summed E-state index contributed by atoms with van der Waals surface area (Å²) >= 11 is 0.